The minimum atomic E-state index is -3.14. The van der Waals surface area contributed by atoms with Gasteiger partial charge in [-0.3, -0.25) is 4.79 Å². The minimum absolute atomic E-state index is 0.0598. The van der Waals surface area contributed by atoms with E-state index in [2.05, 4.69) is 20.4 Å². The molecular formula is C10H11F2N5O. The van der Waals surface area contributed by atoms with Crippen LogP contribution in [-0.2, 0) is 6.05 Å². The van der Waals surface area contributed by atoms with E-state index in [0.717, 1.165) is 0 Å². The van der Waals surface area contributed by atoms with E-state index in [1.807, 2.05) is 0 Å². The molecular weight excluding hydrogens is 244 g/mol. The quantitative estimate of drug-likeness (QED) is 0.892. The highest BCUT2D eigenvalue weighted by Crippen LogP contribution is 2.27. The monoisotopic (exact) mass is 255 g/mol. The number of hydrogen-bond acceptors (Lipinski definition) is 4. The van der Waals surface area contributed by atoms with Crippen LogP contribution < -0.4 is 5.32 Å². The summed E-state index contributed by atoms with van der Waals surface area (Å²) in [6, 6.07) is -3.14. The second-order valence-electron chi connectivity index (χ2n) is 3.63. The van der Waals surface area contributed by atoms with Gasteiger partial charge < -0.3 is 5.32 Å². The number of alkyl halides is 2. The highest BCUT2D eigenvalue weighted by atomic mass is 19.3. The zero-order valence-electron chi connectivity index (χ0n) is 9.81. The number of amides is 1. The average Bonchev–Trinajstić information content (AvgIpc) is 2.81. The maximum Gasteiger partial charge on any atom is 0.345 e. The van der Waals surface area contributed by atoms with Crippen LogP contribution in [-0.4, -0.2) is 32.7 Å². The summed E-state index contributed by atoms with van der Waals surface area (Å²) in [5, 5.41) is 6.28. The third-order valence-corrected chi connectivity index (χ3v) is 2.47. The molecule has 0 fully saturated rings. The van der Waals surface area contributed by atoms with Crippen molar-refractivity contribution in [1.82, 2.24) is 25.1 Å². The summed E-state index contributed by atoms with van der Waals surface area (Å²) >= 11 is 0. The van der Waals surface area contributed by atoms with Gasteiger partial charge in [-0.05, 0) is 0 Å². The first-order valence-electron chi connectivity index (χ1n) is 5.30. The summed E-state index contributed by atoms with van der Waals surface area (Å²) in [4.78, 5) is 19.0. The number of halogens is 2. The first-order chi connectivity index (χ1) is 8.49. The van der Waals surface area contributed by atoms with E-state index >= 15 is 0 Å². The van der Waals surface area contributed by atoms with Gasteiger partial charge in [0.15, 0.2) is 5.65 Å². The van der Waals surface area contributed by atoms with Crippen molar-refractivity contribution in [3.05, 3.63) is 18.2 Å². The van der Waals surface area contributed by atoms with Crippen LogP contribution in [0.4, 0.5) is 8.78 Å². The molecule has 0 aliphatic carbocycles. The lowest BCUT2D eigenvalue weighted by Gasteiger charge is -2.14. The fourth-order valence-corrected chi connectivity index (χ4v) is 1.43. The second-order valence-corrected chi connectivity index (χ2v) is 3.63. The molecule has 2 aromatic heterocycles. The van der Waals surface area contributed by atoms with Gasteiger partial charge in [-0.2, -0.15) is 18.6 Å². The Bertz CT molecular complexity index is 595. The van der Waals surface area contributed by atoms with Crippen molar-refractivity contribution in [2.45, 2.75) is 19.4 Å². The van der Waals surface area contributed by atoms with E-state index in [9.17, 15) is 13.6 Å². The summed E-state index contributed by atoms with van der Waals surface area (Å²) in [6.45, 7) is 1.34. The minimum Gasteiger partial charge on any atom is -0.352 e. The van der Waals surface area contributed by atoms with Crippen molar-refractivity contribution in [2.24, 2.45) is 0 Å². The largest absolute Gasteiger partial charge is 0.352 e. The molecule has 6 nitrogen and oxygen atoms in total. The Labute approximate surface area is 101 Å². The van der Waals surface area contributed by atoms with Crippen molar-refractivity contribution in [1.29, 1.82) is 0 Å². The number of nitrogens with one attached hydrogen (secondary N) is 1. The number of nitrogens with zero attached hydrogens (tertiary/aromatic N) is 4. The number of fused-ring (bicyclic) bond motifs is 1. The zero-order valence-corrected chi connectivity index (χ0v) is 9.81. The molecule has 1 amide bonds. The number of hydrogen-bond donors (Lipinski definition) is 1. The van der Waals surface area contributed by atoms with Crippen LogP contribution in [0.2, 0.25) is 0 Å². The predicted octanol–water partition coefficient (Wildman–Crippen LogP) is 1.15. The number of carbonyl (C=O) groups excluding carboxylic acids is 1. The molecule has 0 bridgehead atoms. The first kappa shape index (κ1) is 12.3. The van der Waals surface area contributed by atoms with Gasteiger partial charge >= 0.3 is 6.05 Å². The van der Waals surface area contributed by atoms with Gasteiger partial charge in [0.05, 0.1) is 11.6 Å². The molecule has 1 N–H and O–H groups in total. The SMILES string of the molecule is CCC(F)(F)n1ncc2cnc(C(=O)NC)nc21. The number of carbonyl (C=O) groups is 1. The first-order valence-corrected chi connectivity index (χ1v) is 5.30. The van der Waals surface area contributed by atoms with Crippen molar-refractivity contribution >= 4 is 16.9 Å². The van der Waals surface area contributed by atoms with Gasteiger partial charge in [0.2, 0.25) is 5.82 Å². The number of rotatable bonds is 3. The van der Waals surface area contributed by atoms with Crippen molar-refractivity contribution < 1.29 is 13.6 Å². The van der Waals surface area contributed by atoms with Gasteiger partial charge in [0.25, 0.3) is 5.91 Å². The van der Waals surface area contributed by atoms with E-state index < -0.39 is 18.4 Å². The van der Waals surface area contributed by atoms with Gasteiger partial charge in [0, 0.05) is 19.7 Å². The van der Waals surface area contributed by atoms with Crippen LogP contribution in [0.5, 0.6) is 0 Å². The zero-order chi connectivity index (χ0) is 13.3. The topological polar surface area (TPSA) is 72.7 Å². The highest BCUT2D eigenvalue weighted by molar-refractivity contribution is 5.91. The van der Waals surface area contributed by atoms with Crippen LogP contribution in [0.15, 0.2) is 12.4 Å². The number of aromatic nitrogens is 4. The fraction of sp³-hybridized carbons (Fsp3) is 0.400. The molecule has 0 saturated carbocycles. The Morgan fingerprint density at radius 1 is 1.50 bits per heavy atom. The average molecular weight is 255 g/mol. The van der Waals surface area contributed by atoms with E-state index in [0.29, 0.717) is 10.1 Å². The molecule has 0 aliphatic heterocycles. The lowest BCUT2D eigenvalue weighted by Crippen LogP contribution is -2.25. The summed E-state index contributed by atoms with van der Waals surface area (Å²) < 4.78 is 27.7. The van der Waals surface area contributed by atoms with Crippen LogP contribution in [0.3, 0.4) is 0 Å². The molecule has 0 radical (unpaired) electrons. The molecule has 0 saturated heterocycles. The molecule has 0 spiro atoms. The Kier molecular flexibility index (Phi) is 2.93. The normalized spacial score (nSPS) is 11.8. The molecule has 2 rings (SSSR count). The van der Waals surface area contributed by atoms with Gasteiger partial charge in [-0.1, -0.05) is 6.92 Å². The van der Waals surface area contributed by atoms with E-state index in [1.165, 1.54) is 26.4 Å². The van der Waals surface area contributed by atoms with Gasteiger partial charge in [-0.25, -0.2) is 9.97 Å². The second kappa shape index (κ2) is 4.28. The molecule has 8 heteroatoms. The van der Waals surface area contributed by atoms with Crippen molar-refractivity contribution in [2.75, 3.05) is 7.05 Å². The van der Waals surface area contributed by atoms with Crippen molar-refractivity contribution in [3.8, 4) is 0 Å². The molecule has 2 heterocycles. The summed E-state index contributed by atoms with van der Waals surface area (Å²) in [5.41, 5.74) is -0.0598. The standard InChI is InChI=1S/C10H11F2N5O/c1-3-10(11,12)17-8-6(5-15-17)4-14-7(16-8)9(18)13-2/h4-5H,3H2,1-2H3,(H,13,18). The lowest BCUT2D eigenvalue weighted by molar-refractivity contribution is -0.0915. The molecule has 18 heavy (non-hydrogen) atoms. The van der Waals surface area contributed by atoms with E-state index in [1.54, 1.807) is 0 Å². The van der Waals surface area contributed by atoms with Gasteiger partial charge in [0.1, 0.15) is 0 Å². The molecule has 0 aromatic carbocycles. The predicted molar refractivity (Wildman–Crippen MR) is 59.2 cm³/mol. The third-order valence-electron chi connectivity index (χ3n) is 2.47. The molecule has 0 unspecified atom stereocenters. The van der Waals surface area contributed by atoms with Crippen LogP contribution in [0.25, 0.3) is 11.0 Å². The van der Waals surface area contributed by atoms with Crippen LogP contribution in [0.1, 0.15) is 24.0 Å². The Morgan fingerprint density at radius 2 is 2.22 bits per heavy atom. The van der Waals surface area contributed by atoms with E-state index in [-0.39, 0.29) is 11.5 Å². The third kappa shape index (κ3) is 1.89. The Hall–Kier alpha value is -2.12. The molecule has 0 atom stereocenters. The summed E-state index contributed by atoms with van der Waals surface area (Å²) in [5.74, 6) is -0.705. The van der Waals surface area contributed by atoms with Gasteiger partial charge in [-0.15, -0.1) is 0 Å². The highest BCUT2D eigenvalue weighted by Gasteiger charge is 2.32. The van der Waals surface area contributed by atoms with Crippen LogP contribution in [0, 0.1) is 0 Å². The fourth-order valence-electron chi connectivity index (χ4n) is 1.43. The maximum absolute atomic E-state index is 13.6. The van der Waals surface area contributed by atoms with Crippen molar-refractivity contribution in [3.63, 3.8) is 0 Å². The maximum atomic E-state index is 13.6. The molecule has 0 aliphatic rings. The summed E-state index contributed by atoms with van der Waals surface area (Å²) in [6.07, 6.45) is 2.12. The molecule has 2 aromatic rings. The van der Waals surface area contributed by atoms with E-state index in [4.69, 9.17) is 0 Å². The Balaban J connectivity index is 2.60. The lowest BCUT2D eigenvalue weighted by atomic mass is 10.4. The smallest absolute Gasteiger partial charge is 0.345 e. The summed E-state index contributed by atoms with van der Waals surface area (Å²) in [7, 11) is 1.41. The van der Waals surface area contributed by atoms with Crippen LogP contribution >= 0.6 is 0 Å². The molecule has 96 valence electrons. The Morgan fingerprint density at radius 3 is 2.83 bits per heavy atom.